The Morgan fingerprint density at radius 1 is 1.45 bits per heavy atom. The fourth-order valence-electron chi connectivity index (χ4n) is 1.85. The molecule has 11 heteroatoms. The Morgan fingerprint density at radius 2 is 2.14 bits per heavy atom. The summed E-state index contributed by atoms with van der Waals surface area (Å²) in [6, 6.07) is 2.04. The highest BCUT2D eigenvalue weighted by Gasteiger charge is 2.52. The van der Waals surface area contributed by atoms with Crippen LogP contribution in [0.25, 0.3) is 0 Å². The van der Waals surface area contributed by atoms with Crippen LogP contribution in [0.1, 0.15) is 10.5 Å². The van der Waals surface area contributed by atoms with Gasteiger partial charge in [0.1, 0.15) is 10.6 Å². The topological polar surface area (TPSA) is 85.8 Å². The summed E-state index contributed by atoms with van der Waals surface area (Å²) in [5.41, 5.74) is -0.161. The largest absolute Gasteiger partial charge is 0.464 e. The van der Waals surface area contributed by atoms with Gasteiger partial charge in [0, 0.05) is 12.7 Å². The lowest BCUT2D eigenvalue weighted by molar-refractivity contribution is -0.228. The molecular formula is C11H11F3N2O5S. The van der Waals surface area contributed by atoms with Crippen molar-refractivity contribution in [2.75, 3.05) is 20.3 Å². The van der Waals surface area contributed by atoms with Crippen molar-refractivity contribution in [2.24, 2.45) is 0 Å². The van der Waals surface area contributed by atoms with Crippen LogP contribution in [0.3, 0.4) is 0 Å². The molecule has 2 heterocycles. The Hall–Kier alpha value is -1.72. The highest BCUT2D eigenvalue weighted by molar-refractivity contribution is 7.89. The van der Waals surface area contributed by atoms with E-state index in [2.05, 4.69) is 14.5 Å². The summed E-state index contributed by atoms with van der Waals surface area (Å²) in [7, 11) is -3.33. The summed E-state index contributed by atoms with van der Waals surface area (Å²) in [5.74, 6) is -0.790. The number of rotatable bonds is 3. The zero-order valence-corrected chi connectivity index (χ0v) is 12.0. The zero-order chi connectivity index (χ0) is 16.5. The highest BCUT2D eigenvalue weighted by atomic mass is 32.2. The summed E-state index contributed by atoms with van der Waals surface area (Å²) in [5, 5.41) is 0. The Morgan fingerprint density at radius 3 is 2.64 bits per heavy atom. The van der Waals surface area contributed by atoms with Gasteiger partial charge in [0.05, 0.1) is 13.7 Å². The number of nitrogens with zero attached hydrogens (tertiary/aromatic N) is 2. The van der Waals surface area contributed by atoms with Crippen molar-refractivity contribution in [1.29, 1.82) is 0 Å². The van der Waals surface area contributed by atoms with Gasteiger partial charge in [0.25, 0.3) is 0 Å². The number of sulfonamides is 1. The van der Waals surface area contributed by atoms with Crippen molar-refractivity contribution >= 4 is 16.0 Å². The Balaban J connectivity index is 2.32. The number of methoxy groups -OCH3 is 1. The molecule has 0 aliphatic carbocycles. The minimum atomic E-state index is -4.84. The molecule has 0 amide bonds. The second-order valence-electron chi connectivity index (χ2n) is 4.25. The standard InChI is InChI=1S/C11H11F3N2O5S/c1-20-9(17)8-3-2-7(6-15-8)22(18,19)16-4-5-21-10(16)11(12,13)14/h2-3,6,10H,4-5H2,1H3. The fourth-order valence-corrected chi connectivity index (χ4v) is 3.30. The third-order valence-corrected chi connectivity index (χ3v) is 4.70. The van der Waals surface area contributed by atoms with Crippen LogP contribution in [0.2, 0.25) is 0 Å². The van der Waals surface area contributed by atoms with Crippen molar-refractivity contribution < 1.29 is 35.9 Å². The molecule has 1 aromatic rings. The summed E-state index contributed by atoms with van der Waals surface area (Å²) >= 11 is 0. The molecule has 1 fully saturated rings. The van der Waals surface area contributed by atoms with Gasteiger partial charge in [0.2, 0.25) is 16.3 Å². The van der Waals surface area contributed by atoms with Crippen molar-refractivity contribution in [1.82, 2.24) is 9.29 Å². The molecule has 0 saturated carbocycles. The highest BCUT2D eigenvalue weighted by Crippen LogP contribution is 2.32. The monoisotopic (exact) mass is 340 g/mol. The Kier molecular flexibility index (Phi) is 4.40. The van der Waals surface area contributed by atoms with Crippen molar-refractivity contribution in [2.45, 2.75) is 17.3 Å². The average Bonchev–Trinajstić information content (AvgIpc) is 2.97. The number of esters is 1. The quantitative estimate of drug-likeness (QED) is 0.756. The van der Waals surface area contributed by atoms with Crippen LogP contribution >= 0.6 is 0 Å². The third-order valence-electron chi connectivity index (χ3n) is 2.87. The molecule has 1 unspecified atom stereocenters. The van der Waals surface area contributed by atoms with Crippen LogP contribution in [0.5, 0.6) is 0 Å². The van der Waals surface area contributed by atoms with E-state index < -0.39 is 39.8 Å². The second kappa shape index (κ2) is 5.82. The van der Waals surface area contributed by atoms with Crippen molar-refractivity contribution in [3.63, 3.8) is 0 Å². The molecular weight excluding hydrogens is 329 g/mol. The number of ether oxygens (including phenoxy) is 2. The molecule has 1 aliphatic rings. The summed E-state index contributed by atoms with van der Waals surface area (Å²) < 4.78 is 71.8. The maximum atomic E-state index is 12.8. The van der Waals surface area contributed by atoms with Gasteiger partial charge in [-0.25, -0.2) is 18.2 Å². The van der Waals surface area contributed by atoms with E-state index in [1.807, 2.05) is 0 Å². The van der Waals surface area contributed by atoms with Gasteiger partial charge in [-0.15, -0.1) is 0 Å². The van der Waals surface area contributed by atoms with Crippen LogP contribution in [-0.2, 0) is 19.5 Å². The number of carbonyl (C=O) groups is 1. The molecule has 1 saturated heterocycles. The van der Waals surface area contributed by atoms with E-state index >= 15 is 0 Å². The molecule has 1 aromatic heterocycles. The van der Waals surface area contributed by atoms with Gasteiger partial charge >= 0.3 is 12.1 Å². The van der Waals surface area contributed by atoms with Gasteiger partial charge in [-0.1, -0.05) is 0 Å². The number of hydrogen-bond acceptors (Lipinski definition) is 6. The number of aromatic nitrogens is 1. The SMILES string of the molecule is COC(=O)c1ccc(S(=O)(=O)N2CCOC2C(F)(F)F)cn1. The molecule has 0 spiro atoms. The molecule has 0 N–H and O–H groups in total. The lowest BCUT2D eigenvalue weighted by Gasteiger charge is -2.24. The molecule has 7 nitrogen and oxygen atoms in total. The van der Waals surface area contributed by atoms with E-state index in [0.717, 1.165) is 25.4 Å². The van der Waals surface area contributed by atoms with E-state index in [9.17, 15) is 26.4 Å². The summed E-state index contributed by atoms with van der Waals surface area (Å²) in [6.45, 7) is -0.789. The maximum Gasteiger partial charge on any atom is 0.429 e. The molecule has 122 valence electrons. The lowest BCUT2D eigenvalue weighted by atomic mass is 10.3. The number of halogens is 3. The van der Waals surface area contributed by atoms with Gasteiger partial charge in [-0.05, 0) is 12.1 Å². The second-order valence-corrected chi connectivity index (χ2v) is 6.14. The van der Waals surface area contributed by atoms with E-state index in [-0.39, 0.29) is 16.6 Å². The van der Waals surface area contributed by atoms with Gasteiger partial charge in [-0.3, -0.25) is 0 Å². The first-order valence-electron chi connectivity index (χ1n) is 5.92. The first-order chi connectivity index (χ1) is 10.2. The van der Waals surface area contributed by atoms with Crippen LogP contribution in [0.15, 0.2) is 23.2 Å². The van der Waals surface area contributed by atoms with Crippen LogP contribution in [0.4, 0.5) is 13.2 Å². The van der Waals surface area contributed by atoms with E-state index in [1.165, 1.54) is 0 Å². The molecule has 1 aliphatic heterocycles. The Labute approximate surface area is 123 Å². The number of alkyl halides is 3. The van der Waals surface area contributed by atoms with Crippen molar-refractivity contribution in [3.8, 4) is 0 Å². The molecule has 1 atom stereocenters. The summed E-state index contributed by atoms with van der Waals surface area (Å²) in [6.07, 6.45) is -6.58. The molecule has 22 heavy (non-hydrogen) atoms. The predicted molar refractivity (Wildman–Crippen MR) is 65.3 cm³/mol. The smallest absolute Gasteiger partial charge is 0.429 e. The number of pyridine rings is 1. The number of carbonyl (C=O) groups excluding carboxylic acids is 1. The Bertz CT molecular complexity index is 659. The van der Waals surface area contributed by atoms with Gasteiger partial charge in [-0.2, -0.15) is 17.5 Å². The van der Waals surface area contributed by atoms with Crippen LogP contribution in [-0.4, -0.2) is 56.3 Å². The molecule has 0 aromatic carbocycles. The van der Waals surface area contributed by atoms with Gasteiger partial charge in [0.15, 0.2) is 0 Å². The zero-order valence-electron chi connectivity index (χ0n) is 11.2. The molecule has 2 rings (SSSR count). The van der Waals surface area contributed by atoms with Crippen molar-refractivity contribution in [3.05, 3.63) is 24.0 Å². The molecule has 0 bridgehead atoms. The van der Waals surface area contributed by atoms with Crippen LogP contribution in [0, 0.1) is 0 Å². The van der Waals surface area contributed by atoms with E-state index in [4.69, 9.17) is 0 Å². The van der Waals surface area contributed by atoms with E-state index in [1.54, 1.807) is 0 Å². The van der Waals surface area contributed by atoms with Crippen LogP contribution < -0.4 is 0 Å². The normalized spacial score (nSPS) is 20.1. The molecule has 0 radical (unpaired) electrons. The first kappa shape index (κ1) is 16.6. The third kappa shape index (κ3) is 3.05. The summed E-state index contributed by atoms with van der Waals surface area (Å²) in [4.78, 5) is 14.3. The lowest BCUT2D eigenvalue weighted by Crippen LogP contribution is -2.45. The predicted octanol–water partition coefficient (Wildman–Crippen LogP) is 0.777. The van der Waals surface area contributed by atoms with Gasteiger partial charge < -0.3 is 9.47 Å². The van der Waals surface area contributed by atoms with E-state index in [0.29, 0.717) is 0 Å². The number of hydrogen-bond donors (Lipinski definition) is 0. The minimum absolute atomic E-state index is 0.161. The first-order valence-corrected chi connectivity index (χ1v) is 7.36. The maximum absolute atomic E-state index is 12.8. The average molecular weight is 340 g/mol. The minimum Gasteiger partial charge on any atom is -0.464 e. The fraction of sp³-hybridized carbons (Fsp3) is 0.455.